The van der Waals surface area contributed by atoms with E-state index in [1.54, 1.807) is 6.07 Å². The molecular formula is C6H10N4OS. The summed E-state index contributed by atoms with van der Waals surface area (Å²) >= 11 is 4.74. The quantitative estimate of drug-likeness (QED) is 0.397. The SMILES string of the molecule is CCNC(=S)NNC(=O)CC#N. The third-order valence-electron chi connectivity index (χ3n) is 0.892. The van der Waals surface area contributed by atoms with E-state index in [2.05, 4.69) is 16.2 Å². The van der Waals surface area contributed by atoms with Crippen LogP contribution >= 0.6 is 12.2 Å². The molecule has 66 valence electrons. The Hall–Kier alpha value is -1.35. The van der Waals surface area contributed by atoms with Gasteiger partial charge >= 0.3 is 0 Å². The molecule has 0 aliphatic heterocycles. The lowest BCUT2D eigenvalue weighted by Crippen LogP contribution is -2.46. The van der Waals surface area contributed by atoms with Crippen LogP contribution in [0.25, 0.3) is 0 Å². The molecule has 0 aromatic heterocycles. The van der Waals surface area contributed by atoms with Crippen LogP contribution in [0.5, 0.6) is 0 Å². The number of nitrogens with zero attached hydrogens (tertiary/aromatic N) is 1. The lowest BCUT2D eigenvalue weighted by atomic mass is 10.5. The summed E-state index contributed by atoms with van der Waals surface area (Å²) in [5, 5.41) is 11.2. The van der Waals surface area contributed by atoms with E-state index in [9.17, 15) is 4.79 Å². The number of hydrogen-bond donors (Lipinski definition) is 3. The maximum absolute atomic E-state index is 10.7. The Morgan fingerprint density at radius 3 is 2.75 bits per heavy atom. The molecule has 5 nitrogen and oxygen atoms in total. The van der Waals surface area contributed by atoms with Crippen LogP contribution in [0.15, 0.2) is 0 Å². The molecule has 3 N–H and O–H groups in total. The van der Waals surface area contributed by atoms with Crippen LogP contribution in [-0.4, -0.2) is 17.6 Å². The second-order valence-electron chi connectivity index (χ2n) is 1.87. The standard InChI is InChI=1S/C6H10N4OS/c1-2-8-6(12)10-9-5(11)3-4-7/h2-3H2,1H3,(H,9,11)(H2,8,10,12). The number of thiocarbonyl (C=S) groups is 1. The van der Waals surface area contributed by atoms with Gasteiger partial charge in [0, 0.05) is 6.54 Å². The Morgan fingerprint density at radius 1 is 1.58 bits per heavy atom. The molecule has 0 saturated carbocycles. The van der Waals surface area contributed by atoms with Crippen LogP contribution in [0.1, 0.15) is 13.3 Å². The normalized spacial score (nSPS) is 8.00. The van der Waals surface area contributed by atoms with Crippen molar-refractivity contribution >= 4 is 23.2 Å². The van der Waals surface area contributed by atoms with Crippen molar-refractivity contribution in [2.24, 2.45) is 0 Å². The molecule has 0 aromatic carbocycles. The fourth-order valence-electron chi connectivity index (χ4n) is 0.447. The number of carbonyl (C=O) groups excluding carboxylic acids is 1. The molecule has 0 atom stereocenters. The average Bonchev–Trinajstić information content (AvgIpc) is 2.02. The second-order valence-corrected chi connectivity index (χ2v) is 2.28. The van der Waals surface area contributed by atoms with Crippen molar-refractivity contribution in [3.63, 3.8) is 0 Å². The van der Waals surface area contributed by atoms with Crippen molar-refractivity contribution in [2.75, 3.05) is 6.54 Å². The lowest BCUT2D eigenvalue weighted by Gasteiger charge is -2.08. The van der Waals surface area contributed by atoms with Gasteiger partial charge in [-0.2, -0.15) is 5.26 Å². The van der Waals surface area contributed by atoms with Gasteiger partial charge < -0.3 is 5.32 Å². The van der Waals surface area contributed by atoms with Crippen LogP contribution in [0.3, 0.4) is 0 Å². The molecule has 0 aromatic rings. The van der Waals surface area contributed by atoms with Crippen LogP contribution < -0.4 is 16.2 Å². The number of hydrogen-bond acceptors (Lipinski definition) is 3. The molecule has 0 aliphatic carbocycles. The van der Waals surface area contributed by atoms with Crippen LogP contribution in [-0.2, 0) is 4.79 Å². The molecule has 1 amide bonds. The zero-order chi connectivity index (χ0) is 9.40. The molecule has 0 rings (SSSR count). The van der Waals surface area contributed by atoms with Crippen molar-refractivity contribution < 1.29 is 4.79 Å². The Kier molecular flexibility index (Phi) is 5.65. The minimum absolute atomic E-state index is 0.179. The molecule has 0 unspecified atom stereocenters. The van der Waals surface area contributed by atoms with Gasteiger partial charge in [-0.15, -0.1) is 0 Å². The Bertz CT molecular complexity index is 210. The molecule has 0 radical (unpaired) electrons. The average molecular weight is 186 g/mol. The first-order valence-electron chi connectivity index (χ1n) is 3.40. The predicted octanol–water partition coefficient (Wildman–Crippen LogP) is -0.585. The van der Waals surface area contributed by atoms with Gasteiger partial charge in [-0.3, -0.25) is 15.6 Å². The highest BCUT2D eigenvalue weighted by Gasteiger charge is 1.98. The Labute approximate surface area is 76.1 Å². The van der Waals surface area contributed by atoms with Gasteiger partial charge in [0.05, 0.1) is 6.07 Å². The third kappa shape index (κ3) is 5.44. The summed E-state index contributed by atoms with van der Waals surface area (Å²) in [5.74, 6) is -0.405. The molecule has 0 spiro atoms. The molecule has 0 fully saturated rings. The highest BCUT2D eigenvalue weighted by molar-refractivity contribution is 7.80. The third-order valence-corrected chi connectivity index (χ3v) is 1.14. The highest BCUT2D eigenvalue weighted by atomic mass is 32.1. The van der Waals surface area contributed by atoms with Gasteiger partial charge in [0.1, 0.15) is 6.42 Å². The number of rotatable bonds is 2. The second kappa shape index (κ2) is 6.37. The zero-order valence-electron chi connectivity index (χ0n) is 6.68. The first-order chi connectivity index (χ1) is 5.70. The Morgan fingerprint density at radius 2 is 2.25 bits per heavy atom. The first-order valence-corrected chi connectivity index (χ1v) is 3.81. The number of carbonyl (C=O) groups is 1. The van der Waals surface area contributed by atoms with E-state index in [1.165, 1.54) is 0 Å². The molecular weight excluding hydrogens is 176 g/mol. The van der Waals surface area contributed by atoms with E-state index in [0.29, 0.717) is 11.7 Å². The number of nitriles is 1. The summed E-state index contributed by atoms with van der Waals surface area (Å²) in [4.78, 5) is 10.7. The summed E-state index contributed by atoms with van der Waals surface area (Å²) in [6.07, 6.45) is -0.179. The van der Waals surface area contributed by atoms with Crippen molar-refractivity contribution in [1.82, 2.24) is 16.2 Å². The molecule has 6 heteroatoms. The van der Waals surface area contributed by atoms with Crippen LogP contribution in [0.4, 0.5) is 0 Å². The minimum Gasteiger partial charge on any atom is -0.362 e. The summed E-state index contributed by atoms with van der Waals surface area (Å²) in [6, 6.07) is 1.71. The van der Waals surface area contributed by atoms with E-state index >= 15 is 0 Å². The predicted molar refractivity (Wildman–Crippen MR) is 47.8 cm³/mol. The smallest absolute Gasteiger partial charge is 0.252 e. The number of nitrogens with one attached hydrogen (secondary N) is 3. The molecule has 12 heavy (non-hydrogen) atoms. The molecule has 0 bridgehead atoms. The van der Waals surface area contributed by atoms with E-state index < -0.39 is 5.91 Å². The van der Waals surface area contributed by atoms with Gasteiger partial charge in [-0.25, -0.2) is 0 Å². The largest absolute Gasteiger partial charge is 0.362 e. The summed E-state index contributed by atoms with van der Waals surface area (Å²) in [6.45, 7) is 2.56. The number of amides is 1. The van der Waals surface area contributed by atoms with Gasteiger partial charge in [0.2, 0.25) is 0 Å². The monoisotopic (exact) mass is 186 g/mol. The van der Waals surface area contributed by atoms with Crippen LogP contribution in [0.2, 0.25) is 0 Å². The van der Waals surface area contributed by atoms with Crippen molar-refractivity contribution in [1.29, 1.82) is 5.26 Å². The minimum atomic E-state index is -0.405. The maximum atomic E-state index is 10.7. The lowest BCUT2D eigenvalue weighted by molar-refractivity contribution is -0.120. The van der Waals surface area contributed by atoms with Gasteiger partial charge in [-0.1, -0.05) is 0 Å². The number of hydrazine groups is 1. The summed E-state index contributed by atoms with van der Waals surface area (Å²) < 4.78 is 0. The molecule has 0 saturated heterocycles. The fraction of sp³-hybridized carbons (Fsp3) is 0.500. The van der Waals surface area contributed by atoms with Gasteiger partial charge in [-0.05, 0) is 19.1 Å². The maximum Gasteiger partial charge on any atom is 0.252 e. The van der Waals surface area contributed by atoms with Crippen molar-refractivity contribution in [3.05, 3.63) is 0 Å². The summed E-state index contributed by atoms with van der Waals surface area (Å²) in [7, 11) is 0. The molecule has 0 heterocycles. The summed E-state index contributed by atoms with van der Waals surface area (Å²) in [5.41, 5.74) is 4.69. The van der Waals surface area contributed by atoms with Crippen molar-refractivity contribution in [3.8, 4) is 6.07 Å². The van der Waals surface area contributed by atoms with E-state index in [-0.39, 0.29) is 6.42 Å². The Balaban J connectivity index is 3.48. The topological polar surface area (TPSA) is 76.9 Å². The van der Waals surface area contributed by atoms with E-state index in [0.717, 1.165) is 0 Å². The van der Waals surface area contributed by atoms with E-state index in [1.807, 2.05) is 6.92 Å². The zero-order valence-corrected chi connectivity index (χ0v) is 7.49. The molecule has 0 aliphatic rings. The van der Waals surface area contributed by atoms with E-state index in [4.69, 9.17) is 17.5 Å². The van der Waals surface area contributed by atoms with Gasteiger partial charge in [0.25, 0.3) is 5.91 Å². The van der Waals surface area contributed by atoms with Gasteiger partial charge in [0.15, 0.2) is 5.11 Å². The first kappa shape index (κ1) is 10.7. The fourth-order valence-corrected chi connectivity index (χ4v) is 0.643. The highest BCUT2D eigenvalue weighted by Crippen LogP contribution is 1.71. The van der Waals surface area contributed by atoms with Crippen LogP contribution in [0, 0.1) is 11.3 Å². The van der Waals surface area contributed by atoms with Crippen molar-refractivity contribution in [2.45, 2.75) is 13.3 Å².